The van der Waals surface area contributed by atoms with Crippen LogP contribution in [0.1, 0.15) is 52.2 Å². The number of nitrogens with one attached hydrogen (secondary N) is 1. The molecule has 0 aliphatic carbocycles. The highest BCUT2D eigenvalue weighted by atomic mass is 19.1. The lowest BCUT2D eigenvalue weighted by Gasteiger charge is -2.34. The molecule has 2 aromatic rings. The van der Waals surface area contributed by atoms with Gasteiger partial charge in [-0.05, 0) is 49.9 Å². The smallest absolute Gasteiger partial charge is 0.318 e. The highest BCUT2D eigenvalue weighted by Gasteiger charge is 2.26. The quantitative estimate of drug-likeness (QED) is 0.551. The molecule has 1 N–H and O–H groups in total. The van der Waals surface area contributed by atoms with Crippen LogP contribution in [0.2, 0.25) is 0 Å². The molecule has 0 unspecified atom stereocenters. The average molecular weight is 419 g/mol. The van der Waals surface area contributed by atoms with Gasteiger partial charge in [0.15, 0.2) is 0 Å². The van der Waals surface area contributed by atoms with Gasteiger partial charge >= 0.3 is 6.03 Å². The summed E-state index contributed by atoms with van der Waals surface area (Å²) < 4.78 is 33.1. The van der Waals surface area contributed by atoms with Crippen molar-refractivity contribution in [3.63, 3.8) is 0 Å². The SMILES string of the molecule is CC[C@H](C(C)C)N(Cc1ccc(F)cc1F)C(=O)NCc1ccc(OC(C)C)cc1. The van der Waals surface area contributed by atoms with Crippen LogP contribution in [0.15, 0.2) is 42.5 Å². The number of carbonyl (C=O) groups excluding carboxylic acids is 1. The van der Waals surface area contributed by atoms with Crippen LogP contribution in [-0.2, 0) is 13.1 Å². The highest BCUT2D eigenvalue weighted by molar-refractivity contribution is 5.74. The van der Waals surface area contributed by atoms with Gasteiger partial charge in [0.05, 0.1) is 12.6 Å². The second-order valence-electron chi connectivity index (χ2n) is 8.05. The van der Waals surface area contributed by atoms with Gasteiger partial charge in [0.2, 0.25) is 0 Å². The third-order valence-corrected chi connectivity index (χ3v) is 4.94. The fraction of sp³-hybridized carbons (Fsp3) is 0.458. The molecular formula is C24H32F2N2O2. The van der Waals surface area contributed by atoms with Gasteiger partial charge in [-0.2, -0.15) is 0 Å². The molecule has 4 nitrogen and oxygen atoms in total. The zero-order valence-corrected chi connectivity index (χ0v) is 18.4. The highest BCUT2D eigenvalue weighted by Crippen LogP contribution is 2.20. The predicted octanol–water partition coefficient (Wildman–Crippen LogP) is 5.90. The predicted molar refractivity (Wildman–Crippen MR) is 115 cm³/mol. The van der Waals surface area contributed by atoms with E-state index >= 15 is 0 Å². The summed E-state index contributed by atoms with van der Waals surface area (Å²) in [6.07, 6.45) is 0.827. The number of halogens is 2. The molecule has 0 saturated carbocycles. The molecule has 0 bridgehead atoms. The van der Waals surface area contributed by atoms with Gasteiger partial charge in [-0.1, -0.05) is 39.0 Å². The van der Waals surface area contributed by atoms with Gasteiger partial charge in [-0.25, -0.2) is 13.6 Å². The molecule has 164 valence electrons. The zero-order chi connectivity index (χ0) is 22.3. The standard InChI is InChI=1S/C24H32F2N2O2/c1-6-23(16(2)3)28(15-19-9-10-20(25)13-22(19)26)24(29)27-14-18-7-11-21(12-8-18)30-17(4)5/h7-13,16-17,23H,6,14-15H2,1-5H3,(H,27,29)/t23-/m1/s1. The molecule has 0 heterocycles. The minimum atomic E-state index is -0.646. The van der Waals surface area contributed by atoms with E-state index in [1.807, 2.05) is 58.9 Å². The lowest BCUT2D eigenvalue weighted by molar-refractivity contribution is 0.146. The maximum Gasteiger partial charge on any atom is 0.318 e. The average Bonchev–Trinajstić information content (AvgIpc) is 2.68. The number of carbonyl (C=O) groups is 1. The number of amides is 2. The molecule has 6 heteroatoms. The summed E-state index contributed by atoms with van der Waals surface area (Å²) in [5.74, 6) is -0.309. The first-order valence-electron chi connectivity index (χ1n) is 10.4. The van der Waals surface area contributed by atoms with Crippen molar-refractivity contribution in [3.05, 3.63) is 65.2 Å². The van der Waals surface area contributed by atoms with E-state index in [-0.39, 0.29) is 30.6 Å². The van der Waals surface area contributed by atoms with Gasteiger partial charge in [0, 0.05) is 24.2 Å². The lowest BCUT2D eigenvalue weighted by Crippen LogP contribution is -2.47. The first kappa shape index (κ1) is 23.6. The second-order valence-corrected chi connectivity index (χ2v) is 8.05. The van der Waals surface area contributed by atoms with E-state index in [1.54, 1.807) is 4.90 Å². The number of hydrogen-bond donors (Lipinski definition) is 1. The van der Waals surface area contributed by atoms with E-state index in [1.165, 1.54) is 12.1 Å². The van der Waals surface area contributed by atoms with Crippen molar-refractivity contribution in [1.82, 2.24) is 10.2 Å². The molecule has 30 heavy (non-hydrogen) atoms. The monoisotopic (exact) mass is 418 g/mol. The summed E-state index contributed by atoms with van der Waals surface area (Å²) in [7, 11) is 0. The Labute approximate surface area is 178 Å². The van der Waals surface area contributed by atoms with Crippen molar-refractivity contribution in [2.75, 3.05) is 0 Å². The Morgan fingerprint density at radius 3 is 2.27 bits per heavy atom. The Hall–Kier alpha value is -2.63. The van der Waals surface area contributed by atoms with Gasteiger partial charge in [-0.3, -0.25) is 0 Å². The van der Waals surface area contributed by atoms with Crippen molar-refractivity contribution in [3.8, 4) is 5.75 Å². The number of benzene rings is 2. The number of ether oxygens (including phenoxy) is 1. The van der Waals surface area contributed by atoms with E-state index < -0.39 is 11.6 Å². The van der Waals surface area contributed by atoms with E-state index in [4.69, 9.17) is 4.74 Å². The van der Waals surface area contributed by atoms with Crippen LogP contribution < -0.4 is 10.1 Å². The van der Waals surface area contributed by atoms with Crippen LogP contribution in [0, 0.1) is 17.6 Å². The number of rotatable bonds is 9. The van der Waals surface area contributed by atoms with E-state index in [2.05, 4.69) is 5.32 Å². The molecule has 2 rings (SSSR count). The zero-order valence-electron chi connectivity index (χ0n) is 18.4. The second kappa shape index (κ2) is 11.0. The largest absolute Gasteiger partial charge is 0.491 e. The summed E-state index contributed by atoms with van der Waals surface area (Å²) in [6.45, 7) is 10.4. The van der Waals surface area contributed by atoms with E-state index in [0.717, 1.165) is 23.8 Å². The molecule has 0 aliphatic rings. The fourth-order valence-corrected chi connectivity index (χ4v) is 3.46. The Kier molecular flexibility index (Phi) is 8.63. The van der Waals surface area contributed by atoms with Gasteiger partial charge in [-0.15, -0.1) is 0 Å². The van der Waals surface area contributed by atoms with Gasteiger partial charge in [0.25, 0.3) is 0 Å². The molecule has 0 spiro atoms. The Morgan fingerprint density at radius 2 is 1.73 bits per heavy atom. The summed E-state index contributed by atoms with van der Waals surface area (Å²) >= 11 is 0. The van der Waals surface area contributed by atoms with Crippen LogP contribution in [-0.4, -0.2) is 23.1 Å². The van der Waals surface area contributed by atoms with E-state index in [0.29, 0.717) is 12.1 Å². The molecule has 0 aliphatic heterocycles. The molecule has 1 atom stereocenters. The molecule has 0 radical (unpaired) electrons. The van der Waals surface area contributed by atoms with Crippen LogP contribution in [0.3, 0.4) is 0 Å². The fourth-order valence-electron chi connectivity index (χ4n) is 3.46. The van der Waals surface area contributed by atoms with Crippen molar-refractivity contribution >= 4 is 6.03 Å². The van der Waals surface area contributed by atoms with Crippen LogP contribution in [0.4, 0.5) is 13.6 Å². The third kappa shape index (κ3) is 6.71. The normalized spacial score (nSPS) is 12.2. The third-order valence-electron chi connectivity index (χ3n) is 4.94. The first-order chi connectivity index (χ1) is 14.2. The van der Waals surface area contributed by atoms with Crippen molar-refractivity contribution in [1.29, 1.82) is 0 Å². The number of hydrogen-bond acceptors (Lipinski definition) is 2. The van der Waals surface area contributed by atoms with Crippen molar-refractivity contribution in [2.24, 2.45) is 5.92 Å². The summed E-state index contributed by atoms with van der Waals surface area (Å²) in [6, 6.07) is 10.7. The Bertz CT molecular complexity index is 822. The van der Waals surface area contributed by atoms with Crippen molar-refractivity contribution < 1.29 is 18.3 Å². The maximum atomic E-state index is 14.2. The van der Waals surface area contributed by atoms with Crippen molar-refractivity contribution in [2.45, 2.75) is 66.3 Å². The summed E-state index contributed by atoms with van der Waals surface area (Å²) in [4.78, 5) is 14.6. The van der Waals surface area contributed by atoms with Gasteiger partial charge < -0.3 is 15.0 Å². The minimum Gasteiger partial charge on any atom is -0.491 e. The molecular weight excluding hydrogens is 386 g/mol. The molecule has 0 aromatic heterocycles. The molecule has 2 amide bonds. The van der Waals surface area contributed by atoms with Gasteiger partial charge in [0.1, 0.15) is 17.4 Å². The Morgan fingerprint density at radius 1 is 1.07 bits per heavy atom. The minimum absolute atomic E-state index is 0.0729. The van der Waals surface area contributed by atoms with Crippen LogP contribution in [0.25, 0.3) is 0 Å². The molecule has 0 fully saturated rings. The number of nitrogens with zero attached hydrogens (tertiary/aromatic N) is 1. The van der Waals surface area contributed by atoms with Crippen LogP contribution >= 0.6 is 0 Å². The maximum absolute atomic E-state index is 14.2. The Balaban J connectivity index is 2.12. The summed E-state index contributed by atoms with van der Waals surface area (Å²) in [5, 5.41) is 2.93. The lowest BCUT2D eigenvalue weighted by atomic mass is 9.99. The first-order valence-corrected chi connectivity index (χ1v) is 10.4. The van der Waals surface area contributed by atoms with Crippen LogP contribution in [0.5, 0.6) is 5.75 Å². The topological polar surface area (TPSA) is 41.6 Å². The molecule has 2 aromatic carbocycles. The number of urea groups is 1. The molecule has 0 saturated heterocycles. The summed E-state index contributed by atoms with van der Waals surface area (Å²) in [5.41, 5.74) is 1.23. The van der Waals surface area contributed by atoms with E-state index in [9.17, 15) is 13.6 Å².